The first kappa shape index (κ1) is 14.9. The lowest BCUT2D eigenvalue weighted by Gasteiger charge is -2.15. The van der Waals surface area contributed by atoms with Crippen molar-refractivity contribution in [2.75, 3.05) is 0 Å². The average Bonchev–Trinajstić information content (AvgIpc) is 3.06. The highest BCUT2D eigenvalue weighted by Crippen LogP contribution is 2.34. The van der Waals surface area contributed by atoms with Crippen LogP contribution in [-0.2, 0) is 5.75 Å². The third-order valence-electron chi connectivity index (χ3n) is 3.60. The molecule has 22 heavy (non-hydrogen) atoms. The maximum Gasteiger partial charge on any atom is 0.0744 e. The van der Waals surface area contributed by atoms with Crippen LogP contribution in [0.3, 0.4) is 0 Å². The first-order chi connectivity index (χ1) is 10.9. The number of aromatic nitrogens is 3. The Hall–Kier alpha value is -2.07. The Morgan fingerprint density at radius 2 is 1.68 bits per heavy atom. The third kappa shape index (κ3) is 3.39. The van der Waals surface area contributed by atoms with Gasteiger partial charge >= 0.3 is 0 Å². The van der Waals surface area contributed by atoms with Crippen molar-refractivity contribution >= 4 is 11.8 Å². The molecule has 0 bridgehead atoms. The van der Waals surface area contributed by atoms with E-state index >= 15 is 0 Å². The molecule has 3 nitrogen and oxygen atoms in total. The van der Waals surface area contributed by atoms with Gasteiger partial charge in [0.15, 0.2) is 0 Å². The van der Waals surface area contributed by atoms with Gasteiger partial charge in [0.25, 0.3) is 0 Å². The molecular formula is C18H19N3S. The molecule has 4 heteroatoms. The molecular weight excluding hydrogens is 290 g/mol. The van der Waals surface area contributed by atoms with Gasteiger partial charge in [-0.3, -0.25) is 0 Å². The normalized spacial score (nSPS) is 12.2. The van der Waals surface area contributed by atoms with E-state index in [9.17, 15) is 0 Å². The molecule has 1 heterocycles. The van der Waals surface area contributed by atoms with Gasteiger partial charge in [-0.1, -0.05) is 60.7 Å². The van der Waals surface area contributed by atoms with Gasteiger partial charge in [0.05, 0.1) is 17.6 Å². The topological polar surface area (TPSA) is 30.7 Å². The molecule has 1 atom stereocenters. The number of nitrogens with zero attached hydrogens (tertiary/aromatic N) is 3. The first-order valence-electron chi connectivity index (χ1n) is 7.50. The summed E-state index contributed by atoms with van der Waals surface area (Å²) in [5.74, 6) is 0.898. The lowest BCUT2D eigenvalue weighted by Crippen LogP contribution is -2.02. The number of hydrogen-bond acceptors (Lipinski definition) is 3. The van der Waals surface area contributed by atoms with Crippen molar-refractivity contribution in [3.8, 4) is 5.69 Å². The van der Waals surface area contributed by atoms with Crippen LogP contribution in [0.15, 0.2) is 66.9 Å². The predicted molar refractivity (Wildman–Crippen MR) is 92.1 cm³/mol. The summed E-state index contributed by atoms with van der Waals surface area (Å²) in [6, 6.07) is 20.8. The molecule has 0 N–H and O–H groups in total. The van der Waals surface area contributed by atoms with Gasteiger partial charge in [0, 0.05) is 11.0 Å². The minimum absolute atomic E-state index is 0.500. The number of para-hydroxylation sites is 1. The van der Waals surface area contributed by atoms with Crippen LogP contribution in [0, 0.1) is 0 Å². The zero-order chi connectivity index (χ0) is 15.2. The van der Waals surface area contributed by atoms with Gasteiger partial charge < -0.3 is 0 Å². The van der Waals surface area contributed by atoms with E-state index in [2.05, 4.69) is 59.7 Å². The Labute approximate surface area is 135 Å². The van der Waals surface area contributed by atoms with Crippen molar-refractivity contribution in [1.82, 2.24) is 15.0 Å². The van der Waals surface area contributed by atoms with Crippen molar-refractivity contribution in [3.63, 3.8) is 0 Å². The quantitative estimate of drug-likeness (QED) is 0.664. The highest BCUT2D eigenvalue weighted by Gasteiger charge is 2.12. The van der Waals surface area contributed by atoms with Gasteiger partial charge in [-0.2, -0.15) is 0 Å². The summed E-state index contributed by atoms with van der Waals surface area (Å²) in [6.45, 7) is 2.23. The van der Waals surface area contributed by atoms with Crippen LogP contribution in [0.2, 0.25) is 0 Å². The molecule has 0 aliphatic rings. The average molecular weight is 309 g/mol. The molecule has 0 amide bonds. The molecule has 2 aromatic carbocycles. The summed E-state index contributed by atoms with van der Waals surface area (Å²) in [5.41, 5.74) is 3.57. The number of thioether (sulfide) groups is 1. The van der Waals surface area contributed by atoms with E-state index in [1.807, 2.05) is 40.8 Å². The SMILES string of the molecule is CCC(SCc1cnnn1-c1ccccc1)c1ccccc1. The Morgan fingerprint density at radius 3 is 2.36 bits per heavy atom. The predicted octanol–water partition coefficient (Wildman–Crippen LogP) is 4.65. The zero-order valence-electron chi connectivity index (χ0n) is 12.6. The number of hydrogen-bond donors (Lipinski definition) is 0. The van der Waals surface area contributed by atoms with Gasteiger partial charge in [-0.05, 0) is 24.1 Å². The molecule has 0 fully saturated rings. The van der Waals surface area contributed by atoms with Crippen LogP contribution in [-0.4, -0.2) is 15.0 Å². The second-order valence-electron chi connectivity index (χ2n) is 5.09. The van der Waals surface area contributed by atoms with Crippen molar-refractivity contribution in [2.24, 2.45) is 0 Å². The monoisotopic (exact) mass is 309 g/mol. The maximum atomic E-state index is 4.22. The van der Waals surface area contributed by atoms with Gasteiger partial charge in [0.2, 0.25) is 0 Å². The highest BCUT2D eigenvalue weighted by molar-refractivity contribution is 7.98. The number of rotatable bonds is 6. The van der Waals surface area contributed by atoms with E-state index in [1.165, 1.54) is 5.56 Å². The maximum absolute atomic E-state index is 4.22. The lowest BCUT2D eigenvalue weighted by atomic mass is 10.1. The number of benzene rings is 2. The summed E-state index contributed by atoms with van der Waals surface area (Å²) in [7, 11) is 0. The van der Waals surface area contributed by atoms with E-state index in [0.29, 0.717) is 5.25 Å². The summed E-state index contributed by atoms with van der Waals surface area (Å²) in [6.07, 6.45) is 2.97. The van der Waals surface area contributed by atoms with Crippen molar-refractivity contribution in [2.45, 2.75) is 24.3 Å². The molecule has 1 unspecified atom stereocenters. The minimum atomic E-state index is 0.500. The Morgan fingerprint density at radius 1 is 1.00 bits per heavy atom. The smallest absolute Gasteiger partial charge is 0.0744 e. The van der Waals surface area contributed by atoms with E-state index in [4.69, 9.17) is 0 Å². The van der Waals surface area contributed by atoms with Gasteiger partial charge in [0.1, 0.15) is 0 Å². The van der Waals surface area contributed by atoms with Crippen LogP contribution < -0.4 is 0 Å². The molecule has 1 aromatic heterocycles. The molecule has 0 aliphatic heterocycles. The van der Waals surface area contributed by atoms with Crippen LogP contribution >= 0.6 is 11.8 Å². The van der Waals surface area contributed by atoms with Crippen molar-refractivity contribution < 1.29 is 0 Å². The molecule has 3 rings (SSSR count). The third-order valence-corrected chi connectivity index (χ3v) is 5.07. The summed E-state index contributed by atoms with van der Waals surface area (Å²) in [5, 5.41) is 8.79. The van der Waals surface area contributed by atoms with E-state index in [1.54, 1.807) is 0 Å². The Kier molecular flexibility index (Phi) is 4.91. The molecule has 112 valence electrons. The van der Waals surface area contributed by atoms with Crippen LogP contribution in [0.4, 0.5) is 0 Å². The molecule has 0 radical (unpaired) electrons. The molecule has 0 spiro atoms. The molecule has 0 saturated heterocycles. The largest absolute Gasteiger partial charge is 0.217 e. The second-order valence-corrected chi connectivity index (χ2v) is 6.28. The van der Waals surface area contributed by atoms with Gasteiger partial charge in [-0.25, -0.2) is 4.68 Å². The fraction of sp³-hybridized carbons (Fsp3) is 0.222. The standard InChI is InChI=1S/C18H19N3S/c1-2-18(15-9-5-3-6-10-15)22-14-17-13-19-20-21(17)16-11-7-4-8-12-16/h3-13,18H,2,14H2,1H3. The van der Waals surface area contributed by atoms with Crippen LogP contribution in [0.1, 0.15) is 29.9 Å². The van der Waals surface area contributed by atoms with E-state index < -0.39 is 0 Å². The lowest BCUT2D eigenvalue weighted by molar-refractivity contribution is 0.781. The minimum Gasteiger partial charge on any atom is -0.217 e. The fourth-order valence-corrected chi connectivity index (χ4v) is 3.60. The fourth-order valence-electron chi connectivity index (χ4n) is 2.44. The first-order valence-corrected chi connectivity index (χ1v) is 8.55. The zero-order valence-corrected chi connectivity index (χ0v) is 13.4. The van der Waals surface area contributed by atoms with Gasteiger partial charge in [-0.15, -0.1) is 16.9 Å². The van der Waals surface area contributed by atoms with E-state index in [-0.39, 0.29) is 0 Å². The highest BCUT2D eigenvalue weighted by atomic mass is 32.2. The molecule has 0 saturated carbocycles. The van der Waals surface area contributed by atoms with Crippen molar-refractivity contribution in [3.05, 3.63) is 78.1 Å². The summed E-state index contributed by atoms with van der Waals surface area (Å²) in [4.78, 5) is 0. The molecule has 3 aromatic rings. The van der Waals surface area contributed by atoms with Crippen molar-refractivity contribution in [1.29, 1.82) is 0 Å². The second kappa shape index (κ2) is 7.27. The van der Waals surface area contributed by atoms with E-state index in [0.717, 1.165) is 23.6 Å². The Balaban J connectivity index is 1.73. The molecule has 0 aliphatic carbocycles. The van der Waals surface area contributed by atoms with Crippen LogP contribution in [0.5, 0.6) is 0 Å². The van der Waals surface area contributed by atoms with Crippen LogP contribution in [0.25, 0.3) is 5.69 Å². The summed E-state index contributed by atoms with van der Waals surface area (Å²) >= 11 is 1.94. The Bertz CT molecular complexity index is 695. The summed E-state index contributed by atoms with van der Waals surface area (Å²) < 4.78 is 1.92.